The lowest BCUT2D eigenvalue weighted by Gasteiger charge is -2.08. The van der Waals surface area contributed by atoms with Crippen molar-refractivity contribution in [3.05, 3.63) is 17.8 Å². The maximum absolute atomic E-state index is 8.62. The van der Waals surface area contributed by atoms with Crippen molar-refractivity contribution in [1.29, 1.82) is 0 Å². The summed E-state index contributed by atoms with van der Waals surface area (Å²) in [4.78, 5) is 4.24. The molecule has 0 saturated heterocycles. The van der Waals surface area contributed by atoms with Gasteiger partial charge in [0, 0.05) is 19.3 Å². The fraction of sp³-hybridized carbons (Fsp3) is 0.583. The SMILES string of the molecule is Cc1cnc(NCCCCCCO)c(N)c1. The molecule has 4 nitrogen and oxygen atoms in total. The summed E-state index contributed by atoms with van der Waals surface area (Å²) in [7, 11) is 0. The molecule has 0 aliphatic rings. The number of aliphatic hydroxyl groups excluding tert-OH is 1. The summed E-state index contributed by atoms with van der Waals surface area (Å²) in [6.07, 6.45) is 5.98. The van der Waals surface area contributed by atoms with E-state index in [-0.39, 0.29) is 0 Å². The van der Waals surface area contributed by atoms with Crippen molar-refractivity contribution in [2.45, 2.75) is 32.6 Å². The molecule has 0 radical (unpaired) electrons. The molecule has 0 amide bonds. The maximum atomic E-state index is 8.62. The van der Waals surface area contributed by atoms with E-state index in [4.69, 9.17) is 10.8 Å². The van der Waals surface area contributed by atoms with Gasteiger partial charge in [0.15, 0.2) is 0 Å². The van der Waals surface area contributed by atoms with Gasteiger partial charge in [-0.25, -0.2) is 4.98 Å². The van der Waals surface area contributed by atoms with E-state index in [9.17, 15) is 0 Å². The summed E-state index contributed by atoms with van der Waals surface area (Å²) in [5.74, 6) is 0.771. The van der Waals surface area contributed by atoms with Crippen molar-refractivity contribution < 1.29 is 5.11 Å². The highest BCUT2D eigenvalue weighted by Crippen LogP contribution is 2.15. The fourth-order valence-electron chi connectivity index (χ4n) is 1.54. The number of hydrogen-bond donors (Lipinski definition) is 3. The van der Waals surface area contributed by atoms with E-state index in [0.29, 0.717) is 12.3 Å². The molecule has 0 aliphatic heterocycles. The van der Waals surface area contributed by atoms with E-state index in [2.05, 4.69) is 10.3 Å². The fourth-order valence-corrected chi connectivity index (χ4v) is 1.54. The van der Waals surface area contributed by atoms with Gasteiger partial charge in [0.25, 0.3) is 0 Å². The summed E-state index contributed by atoms with van der Waals surface area (Å²) in [6, 6.07) is 1.92. The zero-order valence-electron chi connectivity index (χ0n) is 9.87. The molecule has 0 spiro atoms. The van der Waals surface area contributed by atoms with Gasteiger partial charge >= 0.3 is 0 Å². The van der Waals surface area contributed by atoms with Crippen LogP contribution in [0.25, 0.3) is 0 Å². The third-order valence-corrected chi connectivity index (χ3v) is 2.43. The Hall–Kier alpha value is -1.29. The highest BCUT2D eigenvalue weighted by molar-refractivity contribution is 5.61. The summed E-state index contributed by atoms with van der Waals surface area (Å²) in [6.45, 7) is 3.15. The number of nitrogens with one attached hydrogen (secondary N) is 1. The number of rotatable bonds is 7. The molecule has 16 heavy (non-hydrogen) atoms. The minimum atomic E-state index is 0.292. The minimum absolute atomic E-state index is 0.292. The largest absolute Gasteiger partial charge is 0.396 e. The van der Waals surface area contributed by atoms with Gasteiger partial charge in [-0.1, -0.05) is 12.8 Å². The second kappa shape index (κ2) is 7.06. The molecular formula is C12H21N3O. The zero-order valence-corrected chi connectivity index (χ0v) is 9.87. The highest BCUT2D eigenvalue weighted by Gasteiger charge is 1.99. The zero-order chi connectivity index (χ0) is 11.8. The smallest absolute Gasteiger partial charge is 0.149 e. The number of aromatic nitrogens is 1. The van der Waals surface area contributed by atoms with Gasteiger partial charge in [-0.15, -0.1) is 0 Å². The maximum Gasteiger partial charge on any atom is 0.149 e. The molecule has 0 unspecified atom stereocenters. The second-order valence-electron chi connectivity index (χ2n) is 4.02. The van der Waals surface area contributed by atoms with E-state index >= 15 is 0 Å². The number of nitrogens with two attached hydrogens (primary N) is 1. The average molecular weight is 223 g/mol. The van der Waals surface area contributed by atoms with Crippen LogP contribution in [0.3, 0.4) is 0 Å². The summed E-state index contributed by atoms with van der Waals surface area (Å²) in [5.41, 5.74) is 7.60. The Labute approximate surface area is 96.9 Å². The summed E-state index contributed by atoms with van der Waals surface area (Å²) >= 11 is 0. The first-order chi connectivity index (χ1) is 7.74. The number of pyridine rings is 1. The predicted molar refractivity (Wildman–Crippen MR) is 67.4 cm³/mol. The topological polar surface area (TPSA) is 71.2 Å². The van der Waals surface area contributed by atoms with Crippen LogP contribution in [0.4, 0.5) is 11.5 Å². The lowest BCUT2D eigenvalue weighted by Crippen LogP contribution is -2.06. The van der Waals surface area contributed by atoms with Gasteiger partial charge in [0.1, 0.15) is 5.82 Å². The van der Waals surface area contributed by atoms with Gasteiger partial charge in [-0.3, -0.25) is 0 Å². The third-order valence-electron chi connectivity index (χ3n) is 2.43. The van der Waals surface area contributed by atoms with E-state index < -0.39 is 0 Å². The minimum Gasteiger partial charge on any atom is -0.396 e. The lowest BCUT2D eigenvalue weighted by atomic mass is 10.2. The molecule has 4 heteroatoms. The number of nitrogen functional groups attached to an aromatic ring is 1. The molecule has 0 saturated carbocycles. The quantitative estimate of drug-likeness (QED) is 0.618. The molecule has 0 bridgehead atoms. The lowest BCUT2D eigenvalue weighted by molar-refractivity contribution is 0.283. The Morgan fingerprint density at radius 1 is 1.31 bits per heavy atom. The van der Waals surface area contributed by atoms with Crippen molar-refractivity contribution >= 4 is 11.5 Å². The van der Waals surface area contributed by atoms with Crippen LogP contribution in [-0.4, -0.2) is 23.2 Å². The number of anilines is 2. The van der Waals surface area contributed by atoms with Crippen molar-refractivity contribution in [3.8, 4) is 0 Å². The highest BCUT2D eigenvalue weighted by atomic mass is 16.2. The normalized spacial score (nSPS) is 10.4. The van der Waals surface area contributed by atoms with Crippen LogP contribution in [0.2, 0.25) is 0 Å². The van der Waals surface area contributed by atoms with Gasteiger partial charge in [-0.2, -0.15) is 0 Å². The van der Waals surface area contributed by atoms with Crippen LogP contribution in [0.15, 0.2) is 12.3 Å². The second-order valence-corrected chi connectivity index (χ2v) is 4.02. The van der Waals surface area contributed by atoms with Crippen molar-refractivity contribution in [2.75, 3.05) is 24.2 Å². The number of hydrogen-bond acceptors (Lipinski definition) is 4. The van der Waals surface area contributed by atoms with E-state index in [1.165, 1.54) is 0 Å². The Balaban J connectivity index is 2.21. The number of nitrogens with zero attached hydrogens (tertiary/aromatic N) is 1. The van der Waals surface area contributed by atoms with Crippen molar-refractivity contribution in [2.24, 2.45) is 0 Å². The van der Waals surface area contributed by atoms with Crippen molar-refractivity contribution in [3.63, 3.8) is 0 Å². The van der Waals surface area contributed by atoms with Crippen LogP contribution in [0.5, 0.6) is 0 Å². The molecule has 0 fully saturated rings. The van der Waals surface area contributed by atoms with Crippen LogP contribution < -0.4 is 11.1 Å². The number of aryl methyl sites for hydroxylation is 1. The standard InChI is InChI=1S/C12H21N3O/c1-10-8-11(13)12(15-9-10)14-6-4-2-3-5-7-16/h8-9,16H,2-7,13H2,1H3,(H,14,15). The first-order valence-corrected chi connectivity index (χ1v) is 5.81. The van der Waals surface area contributed by atoms with Gasteiger partial charge in [-0.05, 0) is 31.4 Å². The van der Waals surface area contributed by atoms with E-state index in [0.717, 1.165) is 43.6 Å². The molecule has 1 rings (SSSR count). The third kappa shape index (κ3) is 4.49. The van der Waals surface area contributed by atoms with E-state index in [1.807, 2.05) is 19.2 Å². The molecule has 0 aliphatic carbocycles. The molecule has 0 aromatic carbocycles. The number of unbranched alkanes of at least 4 members (excludes halogenated alkanes) is 3. The molecule has 1 aromatic rings. The van der Waals surface area contributed by atoms with Crippen LogP contribution >= 0.6 is 0 Å². The molecule has 1 heterocycles. The van der Waals surface area contributed by atoms with Crippen LogP contribution in [0, 0.1) is 6.92 Å². The van der Waals surface area contributed by atoms with Gasteiger partial charge in [0.05, 0.1) is 5.69 Å². The predicted octanol–water partition coefficient (Wildman–Crippen LogP) is 1.94. The Morgan fingerprint density at radius 3 is 2.75 bits per heavy atom. The summed E-state index contributed by atoms with van der Waals surface area (Å²) in [5, 5.41) is 11.8. The monoisotopic (exact) mass is 223 g/mol. The summed E-state index contributed by atoms with van der Waals surface area (Å²) < 4.78 is 0. The van der Waals surface area contributed by atoms with E-state index in [1.54, 1.807) is 0 Å². The van der Waals surface area contributed by atoms with Gasteiger partial charge in [0.2, 0.25) is 0 Å². The Kier molecular flexibility index (Phi) is 5.64. The number of aliphatic hydroxyl groups is 1. The molecular weight excluding hydrogens is 202 g/mol. The first kappa shape index (κ1) is 12.8. The molecule has 0 atom stereocenters. The Bertz CT molecular complexity index is 315. The Morgan fingerprint density at radius 2 is 2.06 bits per heavy atom. The van der Waals surface area contributed by atoms with Crippen LogP contribution in [0.1, 0.15) is 31.2 Å². The van der Waals surface area contributed by atoms with Crippen LogP contribution in [-0.2, 0) is 0 Å². The van der Waals surface area contributed by atoms with Gasteiger partial charge < -0.3 is 16.2 Å². The molecule has 4 N–H and O–H groups in total. The first-order valence-electron chi connectivity index (χ1n) is 5.81. The molecule has 1 aromatic heterocycles. The average Bonchev–Trinajstić information content (AvgIpc) is 2.26. The molecule has 90 valence electrons. The van der Waals surface area contributed by atoms with Crippen molar-refractivity contribution in [1.82, 2.24) is 4.98 Å².